The molecule has 1 aliphatic heterocycles. The van der Waals surface area contributed by atoms with Gasteiger partial charge in [-0.25, -0.2) is 8.42 Å². The van der Waals surface area contributed by atoms with Crippen LogP contribution in [0.3, 0.4) is 0 Å². The van der Waals surface area contributed by atoms with Crippen LogP contribution in [0.5, 0.6) is 0 Å². The Balaban J connectivity index is 1.58. The van der Waals surface area contributed by atoms with E-state index in [-0.39, 0.29) is 5.41 Å². The van der Waals surface area contributed by atoms with Gasteiger partial charge in [0.2, 0.25) is 0 Å². The van der Waals surface area contributed by atoms with Gasteiger partial charge in [-0.1, -0.05) is 11.6 Å². The van der Waals surface area contributed by atoms with Crippen LogP contribution < -0.4 is 0 Å². The summed E-state index contributed by atoms with van der Waals surface area (Å²) < 4.78 is 25.2. The molecule has 1 aromatic rings. The first-order valence-corrected chi connectivity index (χ1v) is 10.3. The van der Waals surface area contributed by atoms with E-state index in [2.05, 4.69) is 15.2 Å². The minimum atomic E-state index is -2.88. The second-order valence-electron chi connectivity index (χ2n) is 7.14. The fraction of sp³-hybridized carbons (Fsp3) is 0.867. The van der Waals surface area contributed by atoms with Gasteiger partial charge in [-0.2, -0.15) is 0 Å². The molecular formula is C15H26N4O2S. The van der Waals surface area contributed by atoms with Crippen LogP contribution in [0.2, 0.25) is 0 Å². The topological polar surface area (TPSA) is 68.1 Å². The van der Waals surface area contributed by atoms with Crippen molar-refractivity contribution in [1.82, 2.24) is 19.9 Å². The second-order valence-corrected chi connectivity index (χ2v) is 9.29. The summed E-state index contributed by atoms with van der Waals surface area (Å²) in [6, 6.07) is 0.551. The lowest BCUT2D eigenvalue weighted by molar-refractivity contribution is 0.112. The van der Waals surface area contributed by atoms with Crippen molar-refractivity contribution in [3.8, 4) is 0 Å². The van der Waals surface area contributed by atoms with Crippen molar-refractivity contribution in [2.75, 3.05) is 25.1 Å². The van der Waals surface area contributed by atoms with E-state index in [4.69, 9.17) is 0 Å². The largest absolute Gasteiger partial charge is 0.300 e. The van der Waals surface area contributed by atoms with Crippen LogP contribution >= 0.6 is 0 Å². The van der Waals surface area contributed by atoms with Crippen LogP contribution in [0.15, 0.2) is 12.4 Å². The van der Waals surface area contributed by atoms with Crippen LogP contribution in [0, 0.1) is 5.41 Å². The van der Waals surface area contributed by atoms with Gasteiger partial charge in [0.25, 0.3) is 0 Å². The van der Waals surface area contributed by atoms with Gasteiger partial charge in [-0.3, -0.25) is 9.58 Å². The van der Waals surface area contributed by atoms with E-state index in [1.807, 2.05) is 10.9 Å². The van der Waals surface area contributed by atoms with Crippen molar-refractivity contribution in [2.24, 2.45) is 5.41 Å². The molecule has 1 unspecified atom stereocenters. The van der Waals surface area contributed by atoms with Gasteiger partial charge in [0.1, 0.15) is 9.84 Å². The van der Waals surface area contributed by atoms with Crippen molar-refractivity contribution in [2.45, 2.75) is 51.1 Å². The van der Waals surface area contributed by atoms with E-state index in [0.717, 1.165) is 38.9 Å². The maximum absolute atomic E-state index is 11.7. The van der Waals surface area contributed by atoms with Crippen molar-refractivity contribution in [3.63, 3.8) is 0 Å². The molecule has 0 radical (unpaired) electrons. The Morgan fingerprint density at radius 2 is 2.14 bits per heavy atom. The van der Waals surface area contributed by atoms with Gasteiger partial charge >= 0.3 is 0 Å². The van der Waals surface area contributed by atoms with Crippen molar-refractivity contribution < 1.29 is 8.42 Å². The maximum atomic E-state index is 11.7. The van der Waals surface area contributed by atoms with Gasteiger partial charge in [-0.15, -0.1) is 5.10 Å². The Morgan fingerprint density at radius 3 is 2.77 bits per heavy atom. The molecule has 1 saturated heterocycles. The molecule has 124 valence electrons. The molecule has 7 heteroatoms. The number of hydrogen-bond acceptors (Lipinski definition) is 5. The molecule has 1 atom stereocenters. The van der Waals surface area contributed by atoms with Crippen molar-refractivity contribution in [3.05, 3.63) is 12.4 Å². The molecule has 0 bridgehead atoms. The molecule has 2 fully saturated rings. The van der Waals surface area contributed by atoms with Crippen LogP contribution in [0.4, 0.5) is 0 Å². The Bertz CT molecular complexity index is 581. The number of piperidine rings is 1. The highest BCUT2D eigenvalue weighted by Gasteiger charge is 2.47. The van der Waals surface area contributed by atoms with E-state index in [1.54, 1.807) is 6.20 Å². The van der Waals surface area contributed by atoms with E-state index in [9.17, 15) is 8.42 Å². The third-order valence-electron chi connectivity index (χ3n) is 4.98. The summed E-state index contributed by atoms with van der Waals surface area (Å²) in [4.78, 5) is 2.54. The number of likely N-dealkylation sites (tertiary alicyclic amines) is 1. The Kier molecular flexibility index (Phi) is 4.54. The third kappa shape index (κ3) is 4.29. The fourth-order valence-corrected chi connectivity index (χ4v) is 5.23. The average Bonchev–Trinajstić information content (AvgIpc) is 2.99. The van der Waals surface area contributed by atoms with E-state index in [1.165, 1.54) is 25.5 Å². The number of sulfone groups is 1. The highest BCUT2D eigenvalue weighted by atomic mass is 32.2. The first-order chi connectivity index (χ1) is 10.5. The molecule has 1 aromatic heterocycles. The summed E-state index contributed by atoms with van der Waals surface area (Å²) in [5.41, 5.74) is 0.0381. The molecular weight excluding hydrogens is 300 g/mol. The molecule has 2 heterocycles. The number of rotatable bonds is 7. The number of aromatic nitrogens is 3. The Labute approximate surface area is 132 Å². The van der Waals surface area contributed by atoms with Gasteiger partial charge in [0.15, 0.2) is 0 Å². The summed E-state index contributed by atoms with van der Waals surface area (Å²) in [5.74, 6) is 0.353. The zero-order chi connectivity index (χ0) is 15.6. The second kappa shape index (κ2) is 6.28. The van der Waals surface area contributed by atoms with Gasteiger partial charge in [0, 0.05) is 31.6 Å². The lowest BCUT2D eigenvalue weighted by atomic mass is 9.97. The molecule has 0 amide bonds. The third-order valence-corrected chi connectivity index (χ3v) is 6.11. The number of nitrogens with zero attached hydrogens (tertiary/aromatic N) is 4. The Morgan fingerprint density at radius 1 is 1.32 bits per heavy atom. The molecule has 1 saturated carbocycles. The van der Waals surface area contributed by atoms with Crippen LogP contribution in [-0.4, -0.2) is 59.5 Å². The molecule has 3 rings (SSSR count). The zero-order valence-corrected chi connectivity index (χ0v) is 14.1. The zero-order valence-electron chi connectivity index (χ0n) is 13.3. The van der Waals surface area contributed by atoms with Gasteiger partial charge in [0.05, 0.1) is 11.9 Å². The molecule has 2 aliphatic rings. The summed E-state index contributed by atoms with van der Waals surface area (Å²) in [7, 11) is -2.88. The van der Waals surface area contributed by atoms with Gasteiger partial charge in [-0.05, 0) is 44.1 Å². The summed E-state index contributed by atoms with van der Waals surface area (Å²) >= 11 is 0. The molecule has 0 N–H and O–H groups in total. The minimum absolute atomic E-state index is 0.0381. The van der Waals surface area contributed by atoms with Crippen LogP contribution in [0.1, 0.15) is 38.5 Å². The maximum Gasteiger partial charge on any atom is 0.148 e. The molecule has 22 heavy (non-hydrogen) atoms. The van der Waals surface area contributed by atoms with Gasteiger partial charge < -0.3 is 0 Å². The lowest BCUT2D eigenvalue weighted by Gasteiger charge is -2.38. The molecule has 0 aromatic carbocycles. The predicted octanol–water partition coefficient (Wildman–Crippen LogP) is 1.35. The highest BCUT2D eigenvalue weighted by Crippen LogP contribution is 2.48. The smallest absolute Gasteiger partial charge is 0.148 e. The summed E-state index contributed by atoms with van der Waals surface area (Å²) in [6.45, 7) is 2.94. The first-order valence-electron chi connectivity index (χ1n) is 8.22. The first kappa shape index (κ1) is 15.9. The lowest BCUT2D eigenvalue weighted by Crippen LogP contribution is -2.44. The van der Waals surface area contributed by atoms with E-state index in [0.29, 0.717) is 11.8 Å². The molecule has 6 nitrogen and oxygen atoms in total. The van der Waals surface area contributed by atoms with E-state index < -0.39 is 9.84 Å². The van der Waals surface area contributed by atoms with Crippen molar-refractivity contribution >= 4 is 9.84 Å². The Hall–Kier alpha value is -0.950. The minimum Gasteiger partial charge on any atom is -0.300 e. The number of aryl methyl sites for hydroxylation is 1. The fourth-order valence-electron chi connectivity index (χ4n) is 3.74. The summed E-state index contributed by atoms with van der Waals surface area (Å²) in [5, 5.41) is 7.88. The SMILES string of the molecule is CS(=O)(=O)CC1(CN2CCCCC2CCn2ccnn2)CC1. The van der Waals surface area contributed by atoms with Crippen molar-refractivity contribution in [1.29, 1.82) is 0 Å². The standard InChI is InChI=1S/C15H26N4O2S/c1-22(20,21)13-15(6-7-15)12-18-9-3-2-4-14(18)5-10-19-11-8-16-17-19/h8,11,14H,2-7,9-10,12-13H2,1H3. The number of hydrogen-bond donors (Lipinski definition) is 0. The normalized spacial score (nSPS) is 25.2. The predicted molar refractivity (Wildman–Crippen MR) is 85.2 cm³/mol. The molecule has 1 aliphatic carbocycles. The van der Waals surface area contributed by atoms with E-state index >= 15 is 0 Å². The average molecular weight is 326 g/mol. The monoisotopic (exact) mass is 326 g/mol. The quantitative estimate of drug-likeness (QED) is 0.756. The highest BCUT2D eigenvalue weighted by molar-refractivity contribution is 7.90. The molecule has 0 spiro atoms. The van der Waals surface area contributed by atoms with Crippen LogP contribution in [0.25, 0.3) is 0 Å². The summed E-state index contributed by atoms with van der Waals surface area (Å²) in [6.07, 6.45) is 11.9. The van der Waals surface area contributed by atoms with Crippen LogP contribution in [-0.2, 0) is 16.4 Å².